The number of ether oxygens (including phenoxy) is 2. The van der Waals surface area contributed by atoms with E-state index in [9.17, 15) is 13.2 Å². The summed E-state index contributed by atoms with van der Waals surface area (Å²) < 4.78 is 38.2. The lowest BCUT2D eigenvalue weighted by Gasteiger charge is -2.12. The Labute approximate surface area is 182 Å². The molecule has 0 bridgehead atoms. The Bertz CT molecular complexity index is 1140. The first kappa shape index (κ1) is 22.2. The molecule has 3 aromatic rings. The molecule has 2 N–H and O–H groups in total. The maximum absolute atomic E-state index is 12.6. The number of benzene rings is 3. The van der Waals surface area contributed by atoms with E-state index in [0.29, 0.717) is 17.2 Å². The van der Waals surface area contributed by atoms with Gasteiger partial charge in [-0.15, -0.1) is 0 Å². The second-order valence-electron chi connectivity index (χ2n) is 6.91. The number of anilines is 2. The van der Waals surface area contributed by atoms with Crippen molar-refractivity contribution in [2.45, 2.75) is 18.7 Å². The van der Waals surface area contributed by atoms with Crippen LogP contribution >= 0.6 is 0 Å². The predicted molar refractivity (Wildman–Crippen MR) is 120 cm³/mol. The van der Waals surface area contributed by atoms with E-state index in [4.69, 9.17) is 9.47 Å². The number of hydrogen-bond acceptors (Lipinski definition) is 5. The molecular weight excluding hydrogens is 416 g/mol. The molecule has 0 saturated carbocycles. The second-order valence-corrected chi connectivity index (χ2v) is 8.59. The Morgan fingerprint density at radius 3 is 2.03 bits per heavy atom. The highest BCUT2D eigenvalue weighted by molar-refractivity contribution is 7.92. The van der Waals surface area contributed by atoms with Crippen molar-refractivity contribution in [3.05, 3.63) is 77.9 Å². The zero-order valence-corrected chi connectivity index (χ0v) is 18.3. The van der Waals surface area contributed by atoms with Crippen molar-refractivity contribution < 1.29 is 22.7 Å². The van der Waals surface area contributed by atoms with E-state index in [1.54, 1.807) is 24.3 Å². The zero-order valence-electron chi connectivity index (χ0n) is 17.5. The normalized spacial score (nSPS) is 10.9. The molecule has 0 radical (unpaired) electrons. The number of amides is 1. The highest BCUT2D eigenvalue weighted by atomic mass is 32.2. The van der Waals surface area contributed by atoms with Crippen LogP contribution < -0.4 is 19.5 Å². The number of methoxy groups -OCH3 is 1. The topological polar surface area (TPSA) is 93.7 Å². The third kappa shape index (κ3) is 5.76. The third-order valence-corrected chi connectivity index (χ3v) is 5.99. The van der Waals surface area contributed by atoms with Gasteiger partial charge in [0, 0.05) is 11.4 Å². The summed E-state index contributed by atoms with van der Waals surface area (Å²) in [5.74, 6) is 0.724. The molecule has 0 atom stereocenters. The monoisotopic (exact) mass is 440 g/mol. The van der Waals surface area contributed by atoms with Crippen molar-refractivity contribution in [3.8, 4) is 11.5 Å². The van der Waals surface area contributed by atoms with Crippen molar-refractivity contribution in [2.75, 3.05) is 23.8 Å². The molecule has 0 spiro atoms. The van der Waals surface area contributed by atoms with Crippen LogP contribution in [-0.4, -0.2) is 28.0 Å². The Kier molecular flexibility index (Phi) is 6.81. The highest BCUT2D eigenvalue weighted by Gasteiger charge is 2.15. The van der Waals surface area contributed by atoms with Crippen molar-refractivity contribution in [1.82, 2.24) is 0 Å². The van der Waals surface area contributed by atoms with Gasteiger partial charge in [0.25, 0.3) is 15.9 Å². The smallest absolute Gasteiger partial charge is 0.262 e. The van der Waals surface area contributed by atoms with Gasteiger partial charge >= 0.3 is 0 Å². The summed E-state index contributed by atoms with van der Waals surface area (Å²) in [6.45, 7) is 3.65. The fraction of sp³-hybridized carbons (Fsp3) is 0.174. The Balaban J connectivity index is 1.59. The third-order valence-electron chi connectivity index (χ3n) is 4.59. The first-order valence-corrected chi connectivity index (χ1v) is 11.0. The zero-order chi connectivity index (χ0) is 22.4. The van der Waals surface area contributed by atoms with Crippen LogP contribution in [0.25, 0.3) is 0 Å². The first-order valence-electron chi connectivity index (χ1n) is 9.54. The number of sulfonamides is 1. The van der Waals surface area contributed by atoms with Gasteiger partial charge in [0.05, 0.1) is 12.0 Å². The summed E-state index contributed by atoms with van der Waals surface area (Å²) in [7, 11) is -2.22. The number of para-hydroxylation sites is 1. The number of nitrogens with one attached hydrogen (secondary N) is 2. The van der Waals surface area contributed by atoms with Gasteiger partial charge in [-0.25, -0.2) is 8.42 Å². The maximum Gasteiger partial charge on any atom is 0.262 e. The van der Waals surface area contributed by atoms with E-state index < -0.39 is 10.0 Å². The molecule has 0 saturated heterocycles. The van der Waals surface area contributed by atoms with Gasteiger partial charge in [-0.2, -0.15) is 0 Å². The Morgan fingerprint density at radius 2 is 1.45 bits per heavy atom. The minimum absolute atomic E-state index is 0.0793. The number of aryl methyl sites for hydroxylation is 2. The summed E-state index contributed by atoms with van der Waals surface area (Å²) in [5, 5.41) is 2.84. The fourth-order valence-electron chi connectivity index (χ4n) is 2.92. The van der Waals surface area contributed by atoms with Gasteiger partial charge in [-0.05, 0) is 73.5 Å². The largest absolute Gasteiger partial charge is 0.497 e. The van der Waals surface area contributed by atoms with Crippen molar-refractivity contribution >= 4 is 27.3 Å². The second kappa shape index (κ2) is 9.53. The summed E-state index contributed by atoms with van der Waals surface area (Å²) >= 11 is 0. The van der Waals surface area contributed by atoms with E-state index in [-0.39, 0.29) is 17.4 Å². The minimum atomic E-state index is -3.76. The number of rotatable bonds is 8. The quantitative estimate of drug-likeness (QED) is 0.549. The van der Waals surface area contributed by atoms with Crippen LogP contribution in [0.2, 0.25) is 0 Å². The van der Waals surface area contributed by atoms with Gasteiger partial charge in [0.15, 0.2) is 6.61 Å². The molecule has 8 heteroatoms. The molecule has 31 heavy (non-hydrogen) atoms. The van der Waals surface area contributed by atoms with Crippen molar-refractivity contribution in [1.29, 1.82) is 0 Å². The van der Waals surface area contributed by atoms with E-state index >= 15 is 0 Å². The molecule has 3 rings (SSSR count). The molecule has 0 aliphatic carbocycles. The summed E-state index contributed by atoms with van der Waals surface area (Å²) in [5.41, 5.74) is 3.12. The average molecular weight is 441 g/mol. The van der Waals surface area contributed by atoms with E-state index in [1.165, 1.54) is 31.4 Å². The fourth-order valence-corrected chi connectivity index (χ4v) is 3.98. The average Bonchev–Trinajstić information content (AvgIpc) is 2.75. The Hall–Kier alpha value is -3.52. The summed E-state index contributed by atoms with van der Waals surface area (Å²) in [6.07, 6.45) is 0. The van der Waals surface area contributed by atoms with Crippen molar-refractivity contribution in [2.24, 2.45) is 0 Å². The predicted octanol–water partition coefficient (Wildman–Crippen LogP) is 4.13. The van der Waals surface area contributed by atoms with Crippen LogP contribution in [0.15, 0.2) is 71.6 Å². The van der Waals surface area contributed by atoms with Crippen LogP contribution in [0.4, 0.5) is 11.4 Å². The molecule has 1 amide bonds. The lowest BCUT2D eigenvalue weighted by molar-refractivity contribution is -0.118. The van der Waals surface area contributed by atoms with Crippen LogP contribution in [0.5, 0.6) is 11.5 Å². The van der Waals surface area contributed by atoms with Crippen LogP contribution in [-0.2, 0) is 14.8 Å². The van der Waals surface area contributed by atoms with E-state index in [1.807, 2.05) is 32.0 Å². The standard InChI is InChI=1S/C23H24N2O5S/c1-16-5-4-6-17(2)23(16)24-22(26)15-30-20-11-13-21(14-12-20)31(27,28)25-18-7-9-19(29-3)10-8-18/h4-14,25H,15H2,1-3H3,(H,24,26). The van der Waals surface area contributed by atoms with Gasteiger partial charge in [-0.3, -0.25) is 9.52 Å². The number of carbonyl (C=O) groups excluding carboxylic acids is 1. The van der Waals surface area contributed by atoms with Gasteiger partial charge in [-0.1, -0.05) is 18.2 Å². The molecule has 0 aliphatic heterocycles. The lowest BCUT2D eigenvalue weighted by atomic mass is 10.1. The number of hydrogen-bond donors (Lipinski definition) is 2. The molecular formula is C23H24N2O5S. The molecule has 3 aromatic carbocycles. The van der Waals surface area contributed by atoms with Gasteiger partial charge in [0.2, 0.25) is 0 Å². The molecule has 0 aromatic heterocycles. The lowest BCUT2D eigenvalue weighted by Crippen LogP contribution is -2.21. The Morgan fingerprint density at radius 1 is 0.871 bits per heavy atom. The van der Waals surface area contributed by atoms with Crippen LogP contribution in [0.1, 0.15) is 11.1 Å². The maximum atomic E-state index is 12.6. The van der Waals surface area contributed by atoms with Crippen molar-refractivity contribution in [3.63, 3.8) is 0 Å². The molecule has 162 valence electrons. The highest BCUT2D eigenvalue weighted by Crippen LogP contribution is 2.22. The summed E-state index contributed by atoms with van der Waals surface area (Å²) in [4.78, 5) is 12.3. The van der Waals surface area contributed by atoms with Gasteiger partial charge < -0.3 is 14.8 Å². The molecule has 0 fully saturated rings. The first-order chi connectivity index (χ1) is 14.8. The molecule has 0 aliphatic rings. The minimum Gasteiger partial charge on any atom is -0.497 e. The SMILES string of the molecule is COc1ccc(NS(=O)(=O)c2ccc(OCC(=O)Nc3c(C)cccc3C)cc2)cc1. The van der Waals surface area contributed by atoms with Crippen LogP contribution in [0.3, 0.4) is 0 Å². The van der Waals surface area contributed by atoms with E-state index in [2.05, 4.69) is 10.0 Å². The molecule has 0 unspecified atom stereocenters. The summed E-state index contributed by atoms with van der Waals surface area (Å²) in [6, 6.07) is 18.2. The van der Waals surface area contributed by atoms with Crippen LogP contribution in [0, 0.1) is 13.8 Å². The number of carbonyl (C=O) groups is 1. The van der Waals surface area contributed by atoms with E-state index in [0.717, 1.165) is 16.8 Å². The molecule has 7 nitrogen and oxygen atoms in total. The van der Waals surface area contributed by atoms with Gasteiger partial charge in [0.1, 0.15) is 11.5 Å². The molecule has 0 heterocycles.